The Morgan fingerprint density at radius 1 is 1.35 bits per heavy atom. The van der Waals surface area contributed by atoms with Crippen molar-refractivity contribution in [2.24, 2.45) is 5.41 Å². The largest absolute Gasteiger partial charge is 0.491 e. The molecule has 0 aromatic heterocycles. The number of ether oxygens (including phenoxy) is 1. The third-order valence-corrected chi connectivity index (χ3v) is 2.80. The second kappa shape index (κ2) is 5.92. The van der Waals surface area contributed by atoms with E-state index >= 15 is 0 Å². The van der Waals surface area contributed by atoms with Crippen LogP contribution in [0.15, 0.2) is 24.3 Å². The third kappa shape index (κ3) is 4.65. The van der Waals surface area contributed by atoms with Crippen LogP contribution >= 0.6 is 11.6 Å². The Morgan fingerprint density at radius 2 is 1.94 bits per heavy atom. The maximum absolute atomic E-state index is 10.5. The van der Waals surface area contributed by atoms with E-state index in [9.17, 15) is 4.79 Å². The number of carbonyl (C=O) groups is 1. The summed E-state index contributed by atoms with van der Waals surface area (Å²) in [6, 6.07) is 7.13. The van der Waals surface area contributed by atoms with Gasteiger partial charge in [-0.3, -0.25) is 4.79 Å². The van der Waals surface area contributed by atoms with E-state index in [1.807, 2.05) is 12.1 Å². The minimum Gasteiger partial charge on any atom is -0.491 e. The number of amides is 1. The summed E-state index contributed by atoms with van der Waals surface area (Å²) in [5.41, 5.74) is -0.0483. The van der Waals surface area contributed by atoms with Crippen molar-refractivity contribution in [3.8, 4) is 5.75 Å². The van der Waals surface area contributed by atoms with Gasteiger partial charge in [0.25, 0.3) is 0 Å². The number of hydrogen-bond acceptors (Lipinski definition) is 2. The summed E-state index contributed by atoms with van der Waals surface area (Å²) in [6.07, 6.45) is 0.709. The van der Waals surface area contributed by atoms with Crippen LogP contribution in [0.5, 0.6) is 5.75 Å². The maximum Gasteiger partial charge on any atom is 0.207 e. The van der Waals surface area contributed by atoms with Crippen LogP contribution in [0.3, 0.4) is 0 Å². The van der Waals surface area contributed by atoms with E-state index in [1.165, 1.54) is 0 Å². The Bertz CT molecular complexity index is 357. The summed E-state index contributed by atoms with van der Waals surface area (Å²) in [5, 5.41) is 3.45. The smallest absolute Gasteiger partial charge is 0.207 e. The molecule has 17 heavy (non-hydrogen) atoms. The van der Waals surface area contributed by atoms with Gasteiger partial charge in [-0.1, -0.05) is 32.4 Å². The molecule has 4 heteroatoms. The monoisotopic (exact) mass is 255 g/mol. The summed E-state index contributed by atoms with van der Waals surface area (Å²) in [6.45, 7) is 6.60. The van der Waals surface area contributed by atoms with Crippen molar-refractivity contribution in [2.75, 3.05) is 6.61 Å². The van der Waals surface area contributed by atoms with Gasteiger partial charge in [0.2, 0.25) is 6.41 Å². The Labute approximate surface area is 107 Å². The average molecular weight is 256 g/mol. The van der Waals surface area contributed by atoms with Gasteiger partial charge in [0.1, 0.15) is 12.4 Å². The molecule has 0 aliphatic carbocycles. The Kier molecular flexibility index (Phi) is 4.82. The molecule has 1 aromatic rings. The van der Waals surface area contributed by atoms with Crippen molar-refractivity contribution in [1.29, 1.82) is 0 Å². The zero-order chi connectivity index (χ0) is 12.9. The van der Waals surface area contributed by atoms with Crippen LogP contribution in [0, 0.1) is 5.41 Å². The molecule has 0 spiro atoms. The zero-order valence-electron chi connectivity index (χ0n) is 10.4. The standard InChI is InChI=1S/C13H18ClNO2/c1-13(2,3)12(15-9-16)8-17-11-6-4-10(14)5-7-11/h4-7,9,12H,8H2,1-3H3,(H,15,16). The van der Waals surface area contributed by atoms with E-state index < -0.39 is 0 Å². The fraction of sp³-hybridized carbons (Fsp3) is 0.462. The average Bonchev–Trinajstić information content (AvgIpc) is 2.25. The second-order valence-corrected chi connectivity index (χ2v) is 5.40. The Balaban J connectivity index is 2.57. The predicted octanol–water partition coefficient (Wildman–Crippen LogP) is 2.88. The highest BCUT2D eigenvalue weighted by Crippen LogP contribution is 2.21. The third-order valence-electron chi connectivity index (χ3n) is 2.54. The molecule has 1 rings (SSSR count). The lowest BCUT2D eigenvalue weighted by molar-refractivity contribution is -0.111. The molecule has 3 nitrogen and oxygen atoms in total. The molecule has 1 atom stereocenters. The quantitative estimate of drug-likeness (QED) is 0.822. The SMILES string of the molecule is CC(C)(C)C(COc1ccc(Cl)cc1)NC=O. The predicted molar refractivity (Wildman–Crippen MR) is 69.4 cm³/mol. The van der Waals surface area contributed by atoms with Crippen LogP contribution in [0.2, 0.25) is 5.02 Å². The number of hydrogen-bond donors (Lipinski definition) is 1. The van der Waals surface area contributed by atoms with E-state index in [0.717, 1.165) is 5.75 Å². The molecule has 0 aliphatic rings. The highest BCUT2D eigenvalue weighted by Gasteiger charge is 2.24. The first kappa shape index (κ1) is 13.8. The molecule has 94 valence electrons. The number of rotatable bonds is 5. The topological polar surface area (TPSA) is 38.3 Å². The van der Waals surface area contributed by atoms with E-state index in [0.29, 0.717) is 18.0 Å². The molecule has 1 aromatic carbocycles. The van der Waals surface area contributed by atoms with E-state index in [4.69, 9.17) is 16.3 Å². The molecule has 0 heterocycles. The fourth-order valence-electron chi connectivity index (χ4n) is 1.34. The van der Waals surface area contributed by atoms with Crippen LogP contribution in [0.4, 0.5) is 0 Å². The molecule has 1 N–H and O–H groups in total. The van der Waals surface area contributed by atoms with Gasteiger partial charge in [-0.25, -0.2) is 0 Å². The van der Waals surface area contributed by atoms with Crippen LogP contribution < -0.4 is 10.1 Å². The van der Waals surface area contributed by atoms with Gasteiger partial charge in [-0.05, 0) is 29.7 Å². The van der Waals surface area contributed by atoms with Gasteiger partial charge >= 0.3 is 0 Å². The lowest BCUT2D eigenvalue weighted by atomic mass is 9.87. The fourth-order valence-corrected chi connectivity index (χ4v) is 1.47. The molecule has 1 amide bonds. The minimum absolute atomic E-state index is 0.0318. The normalized spacial score (nSPS) is 12.9. The number of nitrogens with one attached hydrogen (secondary N) is 1. The first-order valence-electron chi connectivity index (χ1n) is 5.51. The Hall–Kier alpha value is -1.22. The number of halogens is 1. The van der Waals surface area contributed by atoms with E-state index in [1.54, 1.807) is 12.1 Å². The molecular formula is C13H18ClNO2. The van der Waals surface area contributed by atoms with Crippen molar-refractivity contribution in [3.05, 3.63) is 29.3 Å². The van der Waals surface area contributed by atoms with E-state index in [2.05, 4.69) is 26.1 Å². The lowest BCUT2D eigenvalue weighted by Gasteiger charge is -2.29. The summed E-state index contributed by atoms with van der Waals surface area (Å²) >= 11 is 5.78. The van der Waals surface area contributed by atoms with Crippen molar-refractivity contribution < 1.29 is 9.53 Å². The highest BCUT2D eigenvalue weighted by atomic mass is 35.5. The van der Waals surface area contributed by atoms with Gasteiger partial charge < -0.3 is 10.1 Å². The summed E-state index contributed by atoms with van der Waals surface area (Å²) in [7, 11) is 0. The van der Waals surface area contributed by atoms with Crippen LogP contribution in [-0.2, 0) is 4.79 Å². The van der Waals surface area contributed by atoms with Gasteiger partial charge in [0.15, 0.2) is 0 Å². The van der Waals surface area contributed by atoms with Crippen molar-refractivity contribution in [3.63, 3.8) is 0 Å². The van der Waals surface area contributed by atoms with Gasteiger partial charge in [-0.2, -0.15) is 0 Å². The maximum atomic E-state index is 10.5. The van der Waals surface area contributed by atoms with Gasteiger partial charge in [-0.15, -0.1) is 0 Å². The summed E-state index contributed by atoms with van der Waals surface area (Å²) < 4.78 is 5.62. The summed E-state index contributed by atoms with van der Waals surface area (Å²) in [4.78, 5) is 10.5. The lowest BCUT2D eigenvalue weighted by Crippen LogP contribution is -2.44. The molecule has 0 bridgehead atoms. The van der Waals surface area contributed by atoms with Gasteiger partial charge in [0, 0.05) is 5.02 Å². The van der Waals surface area contributed by atoms with Crippen LogP contribution in [0.25, 0.3) is 0 Å². The minimum atomic E-state index is -0.0483. The molecular weight excluding hydrogens is 238 g/mol. The Morgan fingerprint density at radius 3 is 2.41 bits per heavy atom. The van der Waals surface area contributed by atoms with Gasteiger partial charge in [0.05, 0.1) is 6.04 Å². The molecule has 1 unspecified atom stereocenters. The highest BCUT2D eigenvalue weighted by molar-refractivity contribution is 6.30. The van der Waals surface area contributed by atoms with Crippen LogP contribution in [0.1, 0.15) is 20.8 Å². The molecule has 0 aliphatic heterocycles. The molecule has 0 saturated heterocycles. The number of benzene rings is 1. The van der Waals surface area contributed by atoms with E-state index in [-0.39, 0.29) is 11.5 Å². The zero-order valence-corrected chi connectivity index (χ0v) is 11.1. The van der Waals surface area contributed by atoms with Crippen LogP contribution in [-0.4, -0.2) is 19.1 Å². The molecule has 0 fully saturated rings. The summed E-state index contributed by atoms with van der Waals surface area (Å²) in [5.74, 6) is 0.747. The number of carbonyl (C=O) groups excluding carboxylic acids is 1. The van der Waals surface area contributed by atoms with Crippen molar-refractivity contribution >= 4 is 18.0 Å². The molecule has 0 saturated carbocycles. The first-order valence-corrected chi connectivity index (χ1v) is 5.89. The molecule has 0 radical (unpaired) electrons. The first-order chi connectivity index (χ1) is 7.93. The van der Waals surface area contributed by atoms with Crippen molar-refractivity contribution in [2.45, 2.75) is 26.8 Å². The van der Waals surface area contributed by atoms with Crippen molar-refractivity contribution in [1.82, 2.24) is 5.32 Å². The second-order valence-electron chi connectivity index (χ2n) is 4.97.